The third-order valence-corrected chi connectivity index (χ3v) is 6.20. The van der Waals surface area contributed by atoms with E-state index in [1.54, 1.807) is 0 Å². The molecule has 0 heterocycles. The Balaban J connectivity index is 1.58. The largest absolute Gasteiger partial charge is 0.338 e. The second kappa shape index (κ2) is 12.3. The average Bonchev–Trinajstić information content (AvgIpc) is 2.82. The monoisotopic (exact) mass is 450 g/mol. The molecule has 4 nitrogen and oxygen atoms in total. The third-order valence-electron chi connectivity index (χ3n) is 5.95. The highest BCUT2D eigenvalue weighted by Crippen LogP contribution is 2.18. The van der Waals surface area contributed by atoms with E-state index in [1.807, 2.05) is 42.5 Å². The maximum Gasteiger partial charge on any atom is 0.319 e. The van der Waals surface area contributed by atoms with Gasteiger partial charge in [-0.25, -0.2) is 4.79 Å². The first kappa shape index (κ1) is 23.8. The third kappa shape index (κ3) is 7.70. The number of para-hydroxylation sites is 1. The minimum Gasteiger partial charge on any atom is -0.338 e. The molecule has 5 heteroatoms. The summed E-state index contributed by atoms with van der Waals surface area (Å²) in [4.78, 5) is 12.2. The quantitative estimate of drug-likeness (QED) is 0.267. The minimum atomic E-state index is -0.157. The molecule has 3 aromatic carbocycles. The van der Waals surface area contributed by atoms with Crippen molar-refractivity contribution in [3.63, 3.8) is 0 Å². The standard InChI is InChI=1S/C27H32ClN3O/c1-2-31(22-24-10-5-3-6-11-24,21-18-23-14-16-25(28)17-15-23)20-9-19-29-27(32)30-26-12-7-4-8-13-26/h3-8,10-17H,2,9,18-22H2,1H3,(H-,29,30,32)/p+1. The van der Waals surface area contributed by atoms with Gasteiger partial charge in [0.25, 0.3) is 0 Å². The van der Waals surface area contributed by atoms with Gasteiger partial charge < -0.3 is 15.1 Å². The zero-order chi connectivity index (χ0) is 22.7. The van der Waals surface area contributed by atoms with Crippen molar-refractivity contribution in [2.24, 2.45) is 0 Å². The molecule has 3 aromatic rings. The number of rotatable bonds is 11. The van der Waals surface area contributed by atoms with Gasteiger partial charge in [0, 0.05) is 35.7 Å². The fourth-order valence-electron chi connectivity index (χ4n) is 4.00. The highest BCUT2D eigenvalue weighted by molar-refractivity contribution is 6.30. The van der Waals surface area contributed by atoms with Crippen LogP contribution in [0.4, 0.5) is 10.5 Å². The SMILES string of the molecule is CC[N+](CCCNC(=O)Nc1ccccc1)(CCc1ccc(Cl)cc1)Cc1ccccc1. The fourth-order valence-corrected chi connectivity index (χ4v) is 4.13. The molecule has 32 heavy (non-hydrogen) atoms. The first-order valence-corrected chi connectivity index (χ1v) is 11.7. The summed E-state index contributed by atoms with van der Waals surface area (Å²) < 4.78 is 0.981. The number of nitrogens with one attached hydrogen (secondary N) is 2. The van der Waals surface area contributed by atoms with Crippen molar-refractivity contribution in [1.29, 1.82) is 0 Å². The molecule has 1 unspecified atom stereocenters. The maximum absolute atomic E-state index is 12.2. The number of hydrogen-bond donors (Lipinski definition) is 2. The highest BCUT2D eigenvalue weighted by atomic mass is 35.5. The molecule has 0 radical (unpaired) electrons. The smallest absolute Gasteiger partial charge is 0.319 e. The molecule has 0 saturated heterocycles. The van der Waals surface area contributed by atoms with Gasteiger partial charge in [-0.1, -0.05) is 72.3 Å². The number of quaternary nitrogens is 1. The van der Waals surface area contributed by atoms with Crippen LogP contribution in [0.15, 0.2) is 84.9 Å². The predicted octanol–water partition coefficient (Wildman–Crippen LogP) is 6.13. The van der Waals surface area contributed by atoms with Crippen LogP contribution in [-0.4, -0.2) is 36.7 Å². The number of hydrogen-bond acceptors (Lipinski definition) is 1. The van der Waals surface area contributed by atoms with Gasteiger partial charge in [0.2, 0.25) is 0 Å². The zero-order valence-corrected chi connectivity index (χ0v) is 19.5. The summed E-state index contributed by atoms with van der Waals surface area (Å²) in [6.07, 6.45) is 1.92. The van der Waals surface area contributed by atoms with E-state index in [0.29, 0.717) is 6.54 Å². The Labute approximate surface area is 196 Å². The number of likely N-dealkylation sites (N-methyl/N-ethyl adjacent to an activating group) is 1. The second-order valence-corrected chi connectivity index (χ2v) is 8.66. The second-order valence-electron chi connectivity index (χ2n) is 8.23. The van der Waals surface area contributed by atoms with Crippen LogP contribution in [0.25, 0.3) is 0 Å². The van der Waals surface area contributed by atoms with Crippen LogP contribution >= 0.6 is 11.6 Å². The summed E-state index contributed by atoms with van der Waals surface area (Å²) in [7, 11) is 0. The lowest BCUT2D eigenvalue weighted by molar-refractivity contribution is -0.939. The molecular weight excluding hydrogens is 418 g/mol. The van der Waals surface area contributed by atoms with Gasteiger partial charge in [-0.05, 0) is 36.8 Å². The number of benzene rings is 3. The summed E-state index contributed by atoms with van der Waals surface area (Å²) >= 11 is 6.05. The van der Waals surface area contributed by atoms with Crippen molar-refractivity contribution in [1.82, 2.24) is 5.32 Å². The number of carbonyl (C=O) groups excluding carboxylic acids is 1. The van der Waals surface area contributed by atoms with E-state index in [9.17, 15) is 4.79 Å². The zero-order valence-electron chi connectivity index (χ0n) is 18.8. The van der Waals surface area contributed by atoms with E-state index < -0.39 is 0 Å². The number of halogens is 1. The van der Waals surface area contributed by atoms with E-state index in [1.165, 1.54) is 11.1 Å². The van der Waals surface area contributed by atoms with E-state index in [0.717, 1.165) is 54.2 Å². The molecule has 0 fully saturated rings. The van der Waals surface area contributed by atoms with E-state index >= 15 is 0 Å². The number of carbonyl (C=O) groups is 1. The van der Waals surface area contributed by atoms with E-state index in [-0.39, 0.29) is 6.03 Å². The molecular formula is C27H33ClN3O+. The number of urea groups is 1. The Kier molecular flexibility index (Phi) is 9.14. The molecule has 2 N–H and O–H groups in total. The van der Waals surface area contributed by atoms with Gasteiger partial charge in [0.05, 0.1) is 19.6 Å². The van der Waals surface area contributed by atoms with Crippen molar-refractivity contribution in [3.8, 4) is 0 Å². The summed E-state index contributed by atoms with van der Waals surface area (Å²) in [5.74, 6) is 0. The van der Waals surface area contributed by atoms with Crippen LogP contribution in [0.5, 0.6) is 0 Å². The molecule has 0 aliphatic carbocycles. The lowest BCUT2D eigenvalue weighted by atomic mass is 10.1. The minimum absolute atomic E-state index is 0.157. The van der Waals surface area contributed by atoms with Gasteiger partial charge >= 0.3 is 6.03 Å². The Morgan fingerprint density at radius 1 is 0.844 bits per heavy atom. The first-order valence-electron chi connectivity index (χ1n) is 11.3. The number of nitrogens with zero attached hydrogens (tertiary/aromatic N) is 1. The van der Waals surface area contributed by atoms with Crippen LogP contribution in [0.1, 0.15) is 24.5 Å². The van der Waals surface area contributed by atoms with E-state index in [2.05, 4.69) is 60.0 Å². The van der Waals surface area contributed by atoms with Gasteiger partial charge in [0.15, 0.2) is 0 Å². The normalized spacial score (nSPS) is 12.7. The van der Waals surface area contributed by atoms with Crippen LogP contribution in [0.2, 0.25) is 5.02 Å². The van der Waals surface area contributed by atoms with Crippen LogP contribution in [-0.2, 0) is 13.0 Å². The lowest BCUT2D eigenvalue weighted by Gasteiger charge is -2.38. The van der Waals surface area contributed by atoms with Gasteiger partial charge in [0.1, 0.15) is 6.54 Å². The fraction of sp³-hybridized carbons (Fsp3) is 0.296. The van der Waals surface area contributed by atoms with Gasteiger partial charge in [-0.2, -0.15) is 0 Å². The van der Waals surface area contributed by atoms with Crippen molar-refractivity contribution < 1.29 is 9.28 Å². The maximum atomic E-state index is 12.2. The Bertz CT molecular complexity index is 948. The molecule has 0 aliphatic heterocycles. The number of amides is 2. The topological polar surface area (TPSA) is 41.1 Å². The lowest BCUT2D eigenvalue weighted by Crippen LogP contribution is -2.50. The predicted molar refractivity (Wildman–Crippen MR) is 134 cm³/mol. The van der Waals surface area contributed by atoms with Crippen molar-refractivity contribution in [3.05, 3.63) is 101 Å². The molecule has 3 rings (SSSR count). The summed E-state index contributed by atoms with van der Waals surface area (Å²) in [5, 5.41) is 6.65. The van der Waals surface area contributed by atoms with Crippen LogP contribution in [0, 0.1) is 0 Å². The molecule has 0 saturated carbocycles. The summed E-state index contributed by atoms with van der Waals surface area (Å²) in [6, 6.07) is 28.2. The molecule has 168 valence electrons. The van der Waals surface area contributed by atoms with E-state index in [4.69, 9.17) is 11.6 Å². The highest BCUT2D eigenvalue weighted by Gasteiger charge is 2.25. The molecule has 1 atom stereocenters. The van der Waals surface area contributed by atoms with Gasteiger partial charge in [-0.3, -0.25) is 0 Å². The van der Waals surface area contributed by atoms with Crippen LogP contribution < -0.4 is 10.6 Å². The Morgan fingerprint density at radius 2 is 1.50 bits per heavy atom. The average molecular weight is 451 g/mol. The summed E-state index contributed by atoms with van der Waals surface area (Å²) in [5.41, 5.74) is 3.45. The Hall–Kier alpha value is -2.82. The molecule has 0 aromatic heterocycles. The van der Waals surface area contributed by atoms with Gasteiger partial charge in [-0.15, -0.1) is 0 Å². The molecule has 0 aliphatic rings. The molecule has 2 amide bonds. The van der Waals surface area contributed by atoms with Crippen LogP contribution in [0.3, 0.4) is 0 Å². The molecule has 0 bridgehead atoms. The van der Waals surface area contributed by atoms with Crippen molar-refractivity contribution in [2.75, 3.05) is 31.5 Å². The molecule has 0 spiro atoms. The first-order chi connectivity index (χ1) is 15.6. The summed E-state index contributed by atoms with van der Waals surface area (Å²) in [6.45, 7) is 6.99. The Morgan fingerprint density at radius 3 is 2.16 bits per heavy atom. The van der Waals surface area contributed by atoms with Crippen molar-refractivity contribution >= 4 is 23.3 Å². The number of anilines is 1. The van der Waals surface area contributed by atoms with Crippen molar-refractivity contribution in [2.45, 2.75) is 26.3 Å².